The van der Waals surface area contributed by atoms with Crippen LogP contribution in [0.2, 0.25) is 0 Å². The van der Waals surface area contributed by atoms with Gasteiger partial charge in [-0.2, -0.15) is 0 Å². The summed E-state index contributed by atoms with van der Waals surface area (Å²) in [5.41, 5.74) is -1.25. The van der Waals surface area contributed by atoms with E-state index in [2.05, 4.69) is 76.2 Å². The zero-order valence-corrected chi connectivity index (χ0v) is 23.3. The van der Waals surface area contributed by atoms with Crippen LogP contribution >= 0.6 is 0 Å². The van der Waals surface area contributed by atoms with Crippen molar-refractivity contribution in [1.29, 1.82) is 0 Å². The summed E-state index contributed by atoms with van der Waals surface area (Å²) in [6, 6.07) is 0. The Morgan fingerprint density at radius 2 is 1.23 bits per heavy atom. The van der Waals surface area contributed by atoms with Gasteiger partial charge in [0.25, 0.3) is 0 Å². The van der Waals surface area contributed by atoms with Crippen LogP contribution in [-0.2, 0) is 14.2 Å². The highest BCUT2D eigenvalue weighted by molar-refractivity contribution is 4.93. The smallest absolute Gasteiger partial charge is 0.0680 e. The molecule has 0 aliphatic carbocycles. The Morgan fingerprint density at radius 3 is 1.71 bits per heavy atom. The molecular weight excluding hydrogens is 388 g/mol. The second kappa shape index (κ2) is 11.8. The highest BCUT2D eigenvalue weighted by Crippen LogP contribution is 2.43. The lowest BCUT2D eigenvalue weighted by atomic mass is 9.68. The van der Waals surface area contributed by atoms with Gasteiger partial charge in [-0.3, -0.25) is 0 Å². The fourth-order valence-corrected chi connectivity index (χ4v) is 3.36. The quantitative estimate of drug-likeness (QED) is 0.260. The maximum atomic E-state index is 9.99. The molecule has 4 heteroatoms. The lowest BCUT2D eigenvalue weighted by Gasteiger charge is -2.48. The molecule has 0 saturated carbocycles. The monoisotopic (exact) mass is 444 g/mol. The normalized spacial score (nSPS) is 15.6. The molecule has 1 N–H and O–H groups in total. The number of hydrogen-bond donors (Lipinski definition) is 1. The molecule has 0 aliphatic heterocycles. The maximum absolute atomic E-state index is 9.99. The van der Waals surface area contributed by atoms with Crippen molar-refractivity contribution < 1.29 is 19.3 Å². The van der Waals surface area contributed by atoms with Crippen LogP contribution in [0.25, 0.3) is 0 Å². The van der Waals surface area contributed by atoms with Crippen LogP contribution in [-0.4, -0.2) is 47.8 Å². The van der Waals surface area contributed by atoms with E-state index in [-0.39, 0.29) is 22.0 Å². The van der Waals surface area contributed by atoms with Gasteiger partial charge in [-0.25, -0.2) is 0 Å². The minimum absolute atomic E-state index is 0.0768. The molecule has 0 radical (unpaired) electrons. The van der Waals surface area contributed by atoms with Gasteiger partial charge in [-0.15, -0.1) is 0 Å². The third-order valence-corrected chi connectivity index (χ3v) is 7.93. The Bertz CT molecular complexity index is 498. The molecule has 0 bridgehead atoms. The molecule has 0 aromatic carbocycles. The molecule has 188 valence electrons. The Balaban J connectivity index is 4.80. The molecule has 0 amide bonds. The van der Waals surface area contributed by atoms with Crippen molar-refractivity contribution in [2.24, 2.45) is 16.7 Å². The largest absolute Gasteiger partial charge is 0.390 e. The van der Waals surface area contributed by atoms with Gasteiger partial charge >= 0.3 is 0 Å². The number of hydrogen-bond acceptors (Lipinski definition) is 4. The van der Waals surface area contributed by atoms with Crippen LogP contribution in [0, 0.1) is 16.7 Å². The summed E-state index contributed by atoms with van der Waals surface area (Å²) in [5.74, 6) is 0.319. The van der Waals surface area contributed by atoms with Crippen LogP contribution in [0.3, 0.4) is 0 Å². The maximum Gasteiger partial charge on any atom is 0.0680 e. The summed E-state index contributed by atoms with van der Waals surface area (Å²) in [5, 5.41) is 9.99. The number of unbranched alkanes of at least 4 members (excludes halogenated alkanes) is 1. The fourth-order valence-electron chi connectivity index (χ4n) is 3.36. The average Bonchev–Trinajstić information content (AvgIpc) is 2.57. The summed E-state index contributed by atoms with van der Waals surface area (Å²) < 4.78 is 18.5. The molecule has 0 aliphatic rings. The summed E-state index contributed by atoms with van der Waals surface area (Å²) in [6.07, 6.45) is 4.29. The predicted molar refractivity (Wildman–Crippen MR) is 133 cm³/mol. The van der Waals surface area contributed by atoms with Gasteiger partial charge in [0.05, 0.1) is 36.1 Å². The van der Waals surface area contributed by atoms with E-state index < -0.39 is 5.60 Å². The van der Waals surface area contributed by atoms with Gasteiger partial charge in [0.15, 0.2) is 0 Å². The molecule has 1 atom stereocenters. The molecule has 31 heavy (non-hydrogen) atoms. The van der Waals surface area contributed by atoms with Crippen molar-refractivity contribution in [2.75, 3.05) is 19.8 Å². The van der Waals surface area contributed by atoms with E-state index in [1.807, 2.05) is 13.8 Å². The fraction of sp³-hybridized carbons (Fsp3) is 1.00. The first kappa shape index (κ1) is 30.8. The predicted octanol–water partition coefficient (Wildman–Crippen LogP) is 7.02. The highest BCUT2D eigenvalue weighted by Gasteiger charge is 2.44. The van der Waals surface area contributed by atoms with Crippen molar-refractivity contribution in [2.45, 2.75) is 139 Å². The van der Waals surface area contributed by atoms with Gasteiger partial charge in [0.2, 0.25) is 0 Å². The third kappa shape index (κ3) is 10.5. The van der Waals surface area contributed by atoms with Crippen molar-refractivity contribution in [3.63, 3.8) is 0 Å². The van der Waals surface area contributed by atoms with Gasteiger partial charge in [-0.1, -0.05) is 41.0 Å². The lowest BCUT2D eigenvalue weighted by Crippen LogP contribution is -2.49. The molecule has 0 aromatic rings. The summed E-state index contributed by atoms with van der Waals surface area (Å²) >= 11 is 0. The molecule has 0 heterocycles. The van der Waals surface area contributed by atoms with E-state index in [1.54, 1.807) is 0 Å². The van der Waals surface area contributed by atoms with E-state index >= 15 is 0 Å². The minimum atomic E-state index is -0.703. The Labute approximate surface area is 194 Å². The zero-order chi connectivity index (χ0) is 24.7. The Kier molecular flexibility index (Phi) is 11.8. The summed E-state index contributed by atoms with van der Waals surface area (Å²) in [7, 11) is 0. The zero-order valence-electron chi connectivity index (χ0n) is 23.3. The Hall–Kier alpha value is -0.160. The number of ether oxygens (including phenoxy) is 3. The summed E-state index contributed by atoms with van der Waals surface area (Å²) in [4.78, 5) is 0. The van der Waals surface area contributed by atoms with E-state index in [1.165, 1.54) is 0 Å². The van der Waals surface area contributed by atoms with Crippen molar-refractivity contribution in [3.05, 3.63) is 0 Å². The number of rotatable bonds is 16. The average molecular weight is 445 g/mol. The van der Waals surface area contributed by atoms with E-state index in [4.69, 9.17) is 14.2 Å². The van der Waals surface area contributed by atoms with Crippen molar-refractivity contribution in [3.8, 4) is 0 Å². The van der Waals surface area contributed by atoms with E-state index in [0.29, 0.717) is 31.7 Å². The molecule has 4 nitrogen and oxygen atoms in total. The standard InChI is InChI=1S/C27H56O4/c1-21(2)29-18-15-14-16-23(4,5)26(10,11)31-20-22(3)25(8,9)27(12,13)30-19-17-24(6,7)28/h21-22,28H,14-20H2,1-13H3. The van der Waals surface area contributed by atoms with Crippen LogP contribution in [0.4, 0.5) is 0 Å². The van der Waals surface area contributed by atoms with E-state index in [0.717, 1.165) is 25.9 Å². The molecule has 0 spiro atoms. The van der Waals surface area contributed by atoms with Gasteiger partial charge in [0.1, 0.15) is 0 Å². The van der Waals surface area contributed by atoms with Gasteiger partial charge < -0.3 is 19.3 Å². The highest BCUT2D eigenvalue weighted by atomic mass is 16.5. The molecule has 0 saturated heterocycles. The lowest BCUT2D eigenvalue weighted by molar-refractivity contribution is -0.162. The molecule has 0 fully saturated rings. The van der Waals surface area contributed by atoms with Crippen LogP contribution in [0.5, 0.6) is 0 Å². The molecule has 0 rings (SSSR count). The molecule has 1 unspecified atom stereocenters. The van der Waals surface area contributed by atoms with Gasteiger partial charge in [-0.05, 0) is 91.4 Å². The first-order valence-electron chi connectivity index (χ1n) is 12.4. The first-order chi connectivity index (χ1) is 13.8. The topological polar surface area (TPSA) is 47.9 Å². The van der Waals surface area contributed by atoms with Crippen molar-refractivity contribution >= 4 is 0 Å². The van der Waals surface area contributed by atoms with E-state index in [9.17, 15) is 5.11 Å². The van der Waals surface area contributed by atoms with Crippen LogP contribution in [0.15, 0.2) is 0 Å². The number of aliphatic hydroxyl groups is 1. The van der Waals surface area contributed by atoms with Crippen molar-refractivity contribution in [1.82, 2.24) is 0 Å². The third-order valence-electron chi connectivity index (χ3n) is 7.93. The summed E-state index contributed by atoms with van der Waals surface area (Å²) in [6.45, 7) is 30.1. The Morgan fingerprint density at radius 1 is 0.677 bits per heavy atom. The van der Waals surface area contributed by atoms with Gasteiger partial charge in [0, 0.05) is 6.61 Å². The second-order valence-corrected chi connectivity index (χ2v) is 12.6. The minimum Gasteiger partial charge on any atom is -0.390 e. The SMILES string of the molecule is CC(C)OCCCCC(C)(C)C(C)(C)OCC(C)C(C)(C)C(C)(C)OCCC(C)(C)O. The molecular formula is C27H56O4. The van der Waals surface area contributed by atoms with Crippen LogP contribution in [0.1, 0.15) is 116 Å². The second-order valence-electron chi connectivity index (χ2n) is 12.6. The molecule has 0 aromatic heterocycles. The first-order valence-corrected chi connectivity index (χ1v) is 12.4. The van der Waals surface area contributed by atoms with Crippen LogP contribution < -0.4 is 0 Å².